The summed E-state index contributed by atoms with van der Waals surface area (Å²) in [5.41, 5.74) is 0.820. The summed E-state index contributed by atoms with van der Waals surface area (Å²) in [5.74, 6) is 1.22. The number of nitrogens with zero attached hydrogens (tertiary/aromatic N) is 3. The topological polar surface area (TPSA) is 56.5 Å². The Kier molecular flexibility index (Phi) is 6.68. The molecule has 7 heteroatoms. The zero-order valence-corrected chi connectivity index (χ0v) is 20.1. The highest BCUT2D eigenvalue weighted by atomic mass is 79.9. The lowest BCUT2D eigenvalue weighted by molar-refractivity contribution is 0.217. The molecule has 0 bridgehead atoms. The van der Waals surface area contributed by atoms with Gasteiger partial charge in [0.15, 0.2) is 0 Å². The predicted molar refractivity (Wildman–Crippen MR) is 127 cm³/mol. The Morgan fingerprint density at radius 1 is 1.27 bits per heavy atom. The van der Waals surface area contributed by atoms with E-state index in [0.29, 0.717) is 27.5 Å². The Morgan fingerprint density at radius 2 is 2.00 bits per heavy atom. The minimum atomic E-state index is -0.372. The van der Waals surface area contributed by atoms with E-state index >= 15 is 0 Å². The molecule has 0 radical (unpaired) electrons. The normalized spacial score (nSPS) is 13.2. The van der Waals surface area contributed by atoms with E-state index in [9.17, 15) is 4.79 Å². The van der Waals surface area contributed by atoms with Gasteiger partial charge < -0.3 is 4.74 Å². The lowest BCUT2D eigenvalue weighted by Crippen LogP contribution is -2.29. The second-order valence-electron chi connectivity index (χ2n) is 8.23. The predicted octanol–water partition coefficient (Wildman–Crippen LogP) is 6.17. The van der Waals surface area contributed by atoms with Gasteiger partial charge in [-0.25, -0.2) is 4.98 Å². The Morgan fingerprint density at radius 3 is 2.63 bits per heavy atom. The number of fused-ring (bicyclic) bond motifs is 1. The number of aromatic nitrogens is 2. The smallest absolute Gasteiger partial charge is 0.282 e. The molecule has 3 rings (SSSR count). The summed E-state index contributed by atoms with van der Waals surface area (Å²) in [6.45, 7) is 10.1. The fourth-order valence-electron chi connectivity index (χ4n) is 2.86. The van der Waals surface area contributed by atoms with E-state index in [0.717, 1.165) is 16.5 Å². The quantitative estimate of drug-likeness (QED) is 0.402. The molecule has 1 aromatic heterocycles. The summed E-state index contributed by atoms with van der Waals surface area (Å²) >= 11 is 9.79. The fraction of sp³-hybridized carbons (Fsp3) is 0.348. The number of ether oxygens (including phenoxy) is 1. The van der Waals surface area contributed by atoms with Crippen LogP contribution in [0.1, 0.15) is 52.4 Å². The summed E-state index contributed by atoms with van der Waals surface area (Å²) in [7, 11) is 0. The standard InChI is InChI=1S/C23H25BrClN3O2/c1-6-14(2)30-20-10-7-15(11-18(20)25)13-26-28-21(29)17-12-16(24)8-9-19(17)27-22(28)23(3,4)5/h7-14H,6H2,1-5H3/t14-/m1/s1. The third-order valence-electron chi connectivity index (χ3n) is 4.66. The second kappa shape index (κ2) is 8.90. The van der Waals surface area contributed by atoms with Crippen LogP contribution in [0.25, 0.3) is 10.9 Å². The van der Waals surface area contributed by atoms with Crippen LogP contribution in [-0.4, -0.2) is 22.0 Å². The first kappa shape index (κ1) is 22.5. The molecule has 5 nitrogen and oxygen atoms in total. The summed E-state index contributed by atoms with van der Waals surface area (Å²) in [5, 5.41) is 5.48. The monoisotopic (exact) mass is 489 g/mol. The Labute approximate surface area is 189 Å². The van der Waals surface area contributed by atoms with Crippen LogP contribution >= 0.6 is 27.5 Å². The SMILES string of the molecule is CC[C@@H](C)Oc1ccc(C=Nn2c(C(C)(C)C)nc3ccc(Br)cc3c2=O)cc1Cl. The van der Waals surface area contributed by atoms with Gasteiger partial charge in [0.25, 0.3) is 5.56 Å². The van der Waals surface area contributed by atoms with Crippen molar-refractivity contribution in [3.63, 3.8) is 0 Å². The highest BCUT2D eigenvalue weighted by Crippen LogP contribution is 2.27. The van der Waals surface area contributed by atoms with E-state index in [-0.39, 0.29) is 17.1 Å². The van der Waals surface area contributed by atoms with E-state index in [1.165, 1.54) is 4.68 Å². The zero-order valence-electron chi connectivity index (χ0n) is 17.7. The molecule has 0 saturated heterocycles. The third-order valence-corrected chi connectivity index (χ3v) is 5.45. The Bertz CT molecular complexity index is 1170. The molecule has 3 aromatic rings. The maximum atomic E-state index is 13.2. The van der Waals surface area contributed by atoms with Gasteiger partial charge in [-0.3, -0.25) is 4.79 Å². The Hall–Kier alpha value is -2.18. The molecular formula is C23H25BrClN3O2. The van der Waals surface area contributed by atoms with Gasteiger partial charge in [-0.15, -0.1) is 0 Å². The van der Waals surface area contributed by atoms with Crippen LogP contribution in [0.5, 0.6) is 5.75 Å². The molecule has 0 aliphatic rings. The van der Waals surface area contributed by atoms with E-state index < -0.39 is 0 Å². The molecule has 0 saturated carbocycles. The molecular weight excluding hydrogens is 466 g/mol. The Balaban J connectivity index is 2.06. The summed E-state index contributed by atoms with van der Waals surface area (Å²) in [6, 6.07) is 10.9. The van der Waals surface area contributed by atoms with Crippen molar-refractivity contribution in [3.05, 3.63) is 67.6 Å². The van der Waals surface area contributed by atoms with Crippen molar-refractivity contribution >= 4 is 44.6 Å². The number of rotatable bonds is 5. The molecule has 1 heterocycles. The van der Waals surface area contributed by atoms with E-state index in [2.05, 4.69) is 28.0 Å². The zero-order chi connectivity index (χ0) is 22.1. The van der Waals surface area contributed by atoms with Crippen molar-refractivity contribution in [2.45, 2.75) is 52.6 Å². The fourth-order valence-corrected chi connectivity index (χ4v) is 3.45. The second-order valence-corrected chi connectivity index (χ2v) is 9.56. The first-order chi connectivity index (χ1) is 14.1. The largest absolute Gasteiger partial charge is 0.489 e. The molecule has 0 unspecified atom stereocenters. The lowest BCUT2D eigenvalue weighted by Gasteiger charge is -2.20. The number of hydrogen-bond acceptors (Lipinski definition) is 4. The van der Waals surface area contributed by atoms with E-state index in [1.807, 2.05) is 52.0 Å². The van der Waals surface area contributed by atoms with Gasteiger partial charge >= 0.3 is 0 Å². The van der Waals surface area contributed by atoms with Crippen LogP contribution in [0.15, 0.2) is 50.8 Å². The van der Waals surface area contributed by atoms with Crippen LogP contribution in [0.4, 0.5) is 0 Å². The van der Waals surface area contributed by atoms with Gasteiger partial charge in [0, 0.05) is 9.89 Å². The molecule has 2 aromatic carbocycles. The van der Waals surface area contributed by atoms with Crippen LogP contribution < -0.4 is 10.3 Å². The van der Waals surface area contributed by atoms with Gasteiger partial charge in [0.05, 0.1) is 28.2 Å². The minimum absolute atomic E-state index is 0.0814. The summed E-state index contributed by atoms with van der Waals surface area (Å²) < 4.78 is 7.99. The van der Waals surface area contributed by atoms with Crippen molar-refractivity contribution in [1.29, 1.82) is 0 Å². The minimum Gasteiger partial charge on any atom is -0.489 e. The molecule has 0 amide bonds. The van der Waals surface area contributed by atoms with Crippen molar-refractivity contribution in [2.24, 2.45) is 5.10 Å². The average molecular weight is 491 g/mol. The summed E-state index contributed by atoms with van der Waals surface area (Å²) in [6.07, 6.45) is 2.59. The van der Waals surface area contributed by atoms with Gasteiger partial charge in [0.2, 0.25) is 0 Å². The lowest BCUT2D eigenvalue weighted by atomic mass is 9.95. The molecule has 158 valence electrons. The maximum Gasteiger partial charge on any atom is 0.282 e. The molecule has 0 spiro atoms. The number of benzene rings is 2. The van der Waals surface area contributed by atoms with Crippen LogP contribution in [0, 0.1) is 0 Å². The average Bonchev–Trinajstić information content (AvgIpc) is 2.68. The molecule has 1 atom stereocenters. The molecule has 0 aliphatic heterocycles. The molecule has 30 heavy (non-hydrogen) atoms. The van der Waals surface area contributed by atoms with Crippen LogP contribution in [0.3, 0.4) is 0 Å². The third kappa shape index (κ3) is 4.93. The van der Waals surface area contributed by atoms with Crippen molar-refractivity contribution in [3.8, 4) is 5.75 Å². The van der Waals surface area contributed by atoms with Crippen molar-refractivity contribution in [1.82, 2.24) is 9.66 Å². The molecule has 0 fully saturated rings. The van der Waals surface area contributed by atoms with E-state index in [4.69, 9.17) is 21.3 Å². The molecule has 0 aliphatic carbocycles. The number of hydrogen-bond donors (Lipinski definition) is 0. The van der Waals surface area contributed by atoms with Gasteiger partial charge in [-0.05, 0) is 55.3 Å². The first-order valence-electron chi connectivity index (χ1n) is 9.83. The van der Waals surface area contributed by atoms with E-state index in [1.54, 1.807) is 18.3 Å². The summed E-state index contributed by atoms with van der Waals surface area (Å²) in [4.78, 5) is 17.9. The van der Waals surface area contributed by atoms with Crippen LogP contribution in [-0.2, 0) is 5.41 Å². The number of halogens is 2. The van der Waals surface area contributed by atoms with Gasteiger partial charge in [0.1, 0.15) is 11.6 Å². The van der Waals surface area contributed by atoms with Crippen molar-refractivity contribution < 1.29 is 4.74 Å². The molecule has 0 N–H and O–H groups in total. The van der Waals surface area contributed by atoms with Gasteiger partial charge in [-0.1, -0.05) is 55.2 Å². The maximum absolute atomic E-state index is 13.2. The van der Waals surface area contributed by atoms with Crippen molar-refractivity contribution in [2.75, 3.05) is 0 Å². The van der Waals surface area contributed by atoms with Crippen LogP contribution in [0.2, 0.25) is 5.02 Å². The highest BCUT2D eigenvalue weighted by Gasteiger charge is 2.22. The first-order valence-corrected chi connectivity index (χ1v) is 11.0. The van der Waals surface area contributed by atoms with Gasteiger partial charge in [-0.2, -0.15) is 9.78 Å². The highest BCUT2D eigenvalue weighted by molar-refractivity contribution is 9.10.